The molecule has 0 radical (unpaired) electrons. The van der Waals surface area contributed by atoms with Crippen LogP contribution in [0.4, 0.5) is 9.59 Å². The van der Waals surface area contributed by atoms with Gasteiger partial charge < -0.3 is 35.1 Å². The van der Waals surface area contributed by atoms with Crippen molar-refractivity contribution in [3.63, 3.8) is 0 Å². The normalized spacial score (nSPS) is 18.0. The summed E-state index contributed by atoms with van der Waals surface area (Å²) in [5.74, 6) is 1.07. The van der Waals surface area contributed by atoms with Crippen LogP contribution in [0.1, 0.15) is 77.1 Å². The average Bonchev–Trinajstić information content (AvgIpc) is 4.05. The summed E-state index contributed by atoms with van der Waals surface area (Å²) in [6, 6.07) is 19.2. The number of benzene rings is 3. The highest BCUT2D eigenvalue weighted by Crippen LogP contribution is 2.38. The van der Waals surface area contributed by atoms with Crippen molar-refractivity contribution in [1.82, 2.24) is 40.4 Å². The van der Waals surface area contributed by atoms with E-state index in [2.05, 4.69) is 78.4 Å². The number of methoxy groups -OCH3 is 1. The summed E-state index contributed by atoms with van der Waals surface area (Å²) in [4.78, 5) is 71.2. The number of alkyl carbamates (subject to hydrolysis) is 1. The summed E-state index contributed by atoms with van der Waals surface area (Å²) in [6.07, 6.45) is 6.31. The molecule has 0 spiro atoms. The van der Waals surface area contributed by atoms with E-state index in [9.17, 15) is 19.2 Å². The largest absolute Gasteiger partial charge is 0.453 e. The fourth-order valence-corrected chi connectivity index (χ4v) is 8.44. The van der Waals surface area contributed by atoms with Crippen molar-refractivity contribution in [1.29, 1.82) is 0 Å². The highest BCUT2D eigenvalue weighted by molar-refractivity contribution is 7.39. The molecule has 0 saturated carbocycles. The standard InChI is InChI=1S/C43H51N8O5P/c1-24(2)36(48-42(54)56-5)40(52)50-20-8-12-34(50)38-44-22-32(46-38)27-16-14-26(15-17-27)28-18-19-31(30-11-7-6-10-29(28)30)33-23-45-39(47-33)35-13-9-21-51(35)41(53)37(25(3)4)49-43(55)57/h6-7,10-11,14-19,22-25,34-37H,8-9,12-13,20-21,57H2,1-5H3,(H,44,46)(H,45,47)(H,48,54)(H,49,55)/t34-,35-,36-,37-/m0/s1. The minimum atomic E-state index is -0.692. The number of fused-ring (bicyclic) bond motifs is 1. The fraction of sp³-hybridized carbons (Fsp3) is 0.395. The summed E-state index contributed by atoms with van der Waals surface area (Å²) in [7, 11) is 3.39. The number of amides is 4. The molecule has 5 atom stereocenters. The van der Waals surface area contributed by atoms with E-state index in [0.29, 0.717) is 13.1 Å². The third kappa shape index (κ3) is 8.16. The summed E-state index contributed by atoms with van der Waals surface area (Å²) < 4.78 is 4.77. The SMILES string of the molecule is COC(=O)N[C@H](C(=O)N1CCC[C@H]1c1ncc(-c2ccc(-c3ccc(-c4cnc([C@@H]5CCCN5C(=O)[C@@H](NC(=O)P)C(C)C)[nH]4)c4ccccc34)cc2)[nH]1)C(C)C. The quantitative estimate of drug-likeness (QED) is 0.100. The molecule has 298 valence electrons. The van der Waals surface area contributed by atoms with Crippen LogP contribution in [0.2, 0.25) is 0 Å². The van der Waals surface area contributed by atoms with Gasteiger partial charge in [0, 0.05) is 18.7 Å². The second kappa shape index (κ2) is 16.9. The number of nitrogens with one attached hydrogen (secondary N) is 4. The lowest BCUT2D eigenvalue weighted by atomic mass is 9.93. The second-order valence-corrected chi connectivity index (χ2v) is 16.1. The first-order valence-electron chi connectivity index (χ1n) is 19.7. The fourth-order valence-electron chi connectivity index (χ4n) is 8.26. The van der Waals surface area contributed by atoms with Gasteiger partial charge in [-0.25, -0.2) is 14.8 Å². The van der Waals surface area contributed by atoms with E-state index in [1.165, 1.54) is 7.11 Å². The minimum absolute atomic E-state index is 0.0516. The Bertz CT molecular complexity index is 2270. The summed E-state index contributed by atoms with van der Waals surface area (Å²) >= 11 is 0. The summed E-state index contributed by atoms with van der Waals surface area (Å²) in [5.41, 5.74) is 5.58. The van der Waals surface area contributed by atoms with Crippen molar-refractivity contribution in [3.8, 4) is 33.6 Å². The molecule has 2 saturated heterocycles. The van der Waals surface area contributed by atoms with Crippen LogP contribution >= 0.6 is 9.24 Å². The highest BCUT2D eigenvalue weighted by Gasteiger charge is 2.38. The van der Waals surface area contributed by atoms with Gasteiger partial charge in [0.25, 0.3) is 0 Å². The number of aromatic amines is 2. The molecule has 7 rings (SSSR count). The Morgan fingerprint density at radius 2 is 1.19 bits per heavy atom. The van der Waals surface area contributed by atoms with Gasteiger partial charge in [0.05, 0.1) is 43.0 Å². The Balaban J connectivity index is 1.10. The number of carbonyl (C=O) groups excluding carboxylic acids is 4. The first-order valence-corrected chi connectivity index (χ1v) is 20.3. The molecule has 0 bridgehead atoms. The van der Waals surface area contributed by atoms with Crippen LogP contribution < -0.4 is 10.6 Å². The molecular weight excluding hydrogens is 739 g/mol. The number of hydrogen-bond acceptors (Lipinski definition) is 7. The number of aromatic nitrogens is 4. The van der Waals surface area contributed by atoms with Crippen molar-refractivity contribution in [2.24, 2.45) is 11.8 Å². The van der Waals surface area contributed by atoms with Crippen molar-refractivity contribution >= 4 is 43.6 Å². The molecule has 5 aromatic rings. The van der Waals surface area contributed by atoms with Gasteiger partial charge >= 0.3 is 6.09 Å². The topological polar surface area (TPSA) is 165 Å². The van der Waals surface area contributed by atoms with Gasteiger partial charge in [0.2, 0.25) is 17.5 Å². The zero-order chi connectivity index (χ0) is 40.4. The van der Waals surface area contributed by atoms with Crippen molar-refractivity contribution < 1.29 is 23.9 Å². The van der Waals surface area contributed by atoms with Crippen LogP contribution in [0, 0.1) is 11.8 Å². The van der Waals surface area contributed by atoms with Gasteiger partial charge in [-0.3, -0.25) is 14.4 Å². The smallest absolute Gasteiger partial charge is 0.407 e. The van der Waals surface area contributed by atoms with Crippen LogP contribution in [0.3, 0.4) is 0 Å². The number of hydrogen-bond donors (Lipinski definition) is 4. The molecule has 3 aromatic carbocycles. The average molecular weight is 791 g/mol. The molecule has 13 nitrogen and oxygen atoms in total. The lowest BCUT2D eigenvalue weighted by Crippen LogP contribution is -2.51. The Labute approximate surface area is 335 Å². The van der Waals surface area contributed by atoms with E-state index in [0.717, 1.165) is 81.7 Å². The summed E-state index contributed by atoms with van der Waals surface area (Å²) in [5, 5.41) is 7.69. The van der Waals surface area contributed by atoms with Gasteiger partial charge in [0.1, 0.15) is 23.7 Å². The van der Waals surface area contributed by atoms with E-state index in [1.54, 1.807) is 0 Å². The zero-order valence-corrected chi connectivity index (χ0v) is 34.2. The third-order valence-electron chi connectivity index (χ3n) is 11.2. The van der Waals surface area contributed by atoms with Gasteiger partial charge in [-0.1, -0.05) is 88.4 Å². The molecule has 2 fully saturated rings. The number of ether oxygens (including phenoxy) is 1. The van der Waals surface area contributed by atoms with Crippen LogP contribution in [-0.2, 0) is 14.3 Å². The van der Waals surface area contributed by atoms with Gasteiger partial charge in [-0.05, 0) is 74.2 Å². The molecular formula is C43H51N8O5P. The molecule has 2 aromatic heterocycles. The lowest BCUT2D eigenvalue weighted by molar-refractivity contribution is -0.136. The van der Waals surface area contributed by atoms with Gasteiger partial charge in [-0.2, -0.15) is 0 Å². The number of nitrogens with zero attached hydrogens (tertiary/aromatic N) is 4. The number of H-pyrrole nitrogens is 2. The predicted molar refractivity (Wildman–Crippen MR) is 223 cm³/mol. The van der Waals surface area contributed by atoms with Crippen LogP contribution in [0.25, 0.3) is 44.4 Å². The van der Waals surface area contributed by atoms with E-state index in [4.69, 9.17) is 14.7 Å². The molecule has 14 heteroatoms. The lowest BCUT2D eigenvalue weighted by Gasteiger charge is -2.30. The van der Waals surface area contributed by atoms with E-state index < -0.39 is 18.2 Å². The first-order chi connectivity index (χ1) is 27.4. The molecule has 2 aliphatic rings. The maximum Gasteiger partial charge on any atom is 0.407 e. The molecule has 2 aliphatic heterocycles. The minimum Gasteiger partial charge on any atom is -0.453 e. The van der Waals surface area contributed by atoms with Gasteiger partial charge in [0.15, 0.2) is 0 Å². The molecule has 4 N–H and O–H groups in total. The van der Waals surface area contributed by atoms with Crippen molar-refractivity contribution in [3.05, 3.63) is 84.7 Å². The number of imidazole rings is 2. The van der Waals surface area contributed by atoms with E-state index in [1.807, 2.05) is 62.0 Å². The number of carbonyl (C=O) groups is 4. The Morgan fingerprint density at radius 3 is 1.74 bits per heavy atom. The monoisotopic (exact) mass is 790 g/mol. The maximum absolute atomic E-state index is 13.6. The molecule has 0 aliphatic carbocycles. The van der Waals surface area contributed by atoms with Crippen LogP contribution in [0.5, 0.6) is 0 Å². The zero-order valence-electron chi connectivity index (χ0n) is 33.0. The Morgan fingerprint density at radius 1 is 0.702 bits per heavy atom. The first kappa shape index (κ1) is 39.7. The highest BCUT2D eigenvalue weighted by atomic mass is 31.0. The molecule has 1 unspecified atom stereocenters. The number of likely N-dealkylation sites (tertiary alicyclic amines) is 2. The van der Waals surface area contributed by atoms with E-state index >= 15 is 0 Å². The van der Waals surface area contributed by atoms with E-state index in [-0.39, 0.29) is 41.4 Å². The Kier molecular flexibility index (Phi) is 11.8. The van der Waals surface area contributed by atoms with Crippen LogP contribution in [-0.4, -0.2) is 85.6 Å². The molecule has 4 heterocycles. The Hall–Kier alpha value is -5.55. The second-order valence-electron chi connectivity index (χ2n) is 15.6. The third-order valence-corrected chi connectivity index (χ3v) is 11.4. The van der Waals surface area contributed by atoms with Crippen LogP contribution in [0.15, 0.2) is 73.1 Å². The maximum atomic E-state index is 13.6. The molecule has 4 amide bonds. The van der Waals surface area contributed by atoms with Gasteiger partial charge in [-0.15, -0.1) is 0 Å². The van der Waals surface area contributed by atoms with Crippen molar-refractivity contribution in [2.45, 2.75) is 77.5 Å². The summed E-state index contributed by atoms with van der Waals surface area (Å²) in [6.45, 7) is 8.89. The number of rotatable bonds is 11. The predicted octanol–water partition coefficient (Wildman–Crippen LogP) is 7.60. The molecule has 57 heavy (non-hydrogen) atoms. The van der Waals surface area contributed by atoms with Crippen molar-refractivity contribution in [2.75, 3.05) is 20.2 Å².